The van der Waals surface area contributed by atoms with Crippen LogP contribution >= 0.6 is 11.8 Å². The Labute approximate surface area is 139 Å². The first-order chi connectivity index (χ1) is 11.0. The predicted octanol–water partition coefficient (Wildman–Crippen LogP) is 1.46. The van der Waals surface area contributed by atoms with Gasteiger partial charge >= 0.3 is 0 Å². The molecule has 2 atom stereocenters. The number of benzene rings is 1. The van der Waals surface area contributed by atoms with Gasteiger partial charge in [-0.05, 0) is 17.7 Å². The van der Waals surface area contributed by atoms with Gasteiger partial charge in [0.15, 0.2) is 5.17 Å². The number of amides is 1. The zero-order valence-electron chi connectivity index (χ0n) is 13.1. The van der Waals surface area contributed by atoms with Crippen LogP contribution in [0.5, 0.6) is 0 Å². The van der Waals surface area contributed by atoms with Gasteiger partial charge < -0.3 is 10.6 Å². The van der Waals surface area contributed by atoms with Crippen molar-refractivity contribution in [2.45, 2.75) is 18.2 Å². The number of amidine groups is 1. The molecule has 3 rings (SSSR count). The Kier molecular flexibility index (Phi) is 4.87. The number of primary amides is 1. The number of aliphatic imine (C=N–C) groups is 1. The molecule has 2 heterocycles. The van der Waals surface area contributed by atoms with Crippen LogP contribution in [-0.4, -0.2) is 58.8 Å². The summed E-state index contributed by atoms with van der Waals surface area (Å²) >= 11 is 1.81. The summed E-state index contributed by atoms with van der Waals surface area (Å²) in [5, 5.41) is 1.65. The van der Waals surface area contributed by atoms with Crippen LogP contribution in [0.2, 0.25) is 0 Å². The molecule has 1 saturated heterocycles. The molecule has 124 valence electrons. The summed E-state index contributed by atoms with van der Waals surface area (Å²) in [7, 11) is 0. The summed E-state index contributed by atoms with van der Waals surface area (Å²) in [6.07, 6.45) is 0. The van der Waals surface area contributed by atoms with E-state index in [4.69, 9.17) is 5.73 Å². The van der Waals surface area contributed by atoms with E-state index in [0.717, 1.165) is 43.5 Å². The SMILES string of the molecule is C[C@@H]1CN=C(N2CCN([C@H](C(N)=O)c3ccc(F)cc3)CC2)S1. The molecule has 0 aromatic heterocycles. The summed E-state index contributed by atoms with van der Waals surface area (Å²) in [6, 6.07) is 5.50. The van der Waals surface area contributed by atoms with Crippen LogP contribution in [0.15, 0.2) is 29.3 Å². The van der Waals surface area contributed by atoms with Crippen molar-refractivity contribution in [3.8, 4) is 0 Å². The standard InChI is InChI=1S/C16H21FN4OS/c1-11-10-19-16(23-11)21-8-6-20(7-9-21)14(15(18)22)12-2-4-13(17)5-3-12/h2-5,11,14H,6-10H2,1H3,(H2,18,22)/t11-,14+/m1/s1. The van der Waals surface area contributed by atoms with E-state index in [2.05, 4.69) is 21.7 Å². The minimum atomic E-state index is -0.505. The number of piperazine rings is 1. The molecule has 1 amide bonds. The smallest absolute Gasteiger partial charge is 0.239 e. The Bertz CT molecular complexity index is 599. The third-order valence-corrected chi connectivity index (χ3v) is 5.34. The molecule has 7 heteroatoms. The molecule has 2 N–H and O–H groups in total. The largest absolute Gasteiger partial charge is 0.368 e. The van der Waals surface area contributed by atoms with E-state index in [9.17, 15) is 9.18 Å². The molecular formula is C16H21FN4OS. The van der Waals surface area contributed by atoms with Gasteiger partial charge in [-0.15, -0.1) is 0 Å². The topological polar surface area (TPSA) is 61.9 Å². The molecule has 0 unspecified atom stereocenters. The Morgan fingerprint density at radius 2 is 1.96 bits per heavy atom. The lowest BCUT2D eigenvalue weighted by Crippen LogP contribution is -2.51. The summed E-state index contributed by atoms with van der Waals surface area (Å²) in [5.74, 6) is -0.710. The Hall–Kier alpha value is -1.60. The number of hydrogen-bond donors (Lipinski definition) is 1. The second kappa shape index (κ2) is 6.88. The van der Waals surface area contributed by atoms with E-state index in [-0.39, 0.29) is 5.82 Å². The summed E-state index contributed by atoms with van der Waals surface area (Å²) in [5.41, 5.74) is 6.34. The molecule has 0 aliphatic carbocycles. The highest BCUT2D eigenvalue weighted by atomic mass is 32.2. The van der Waals surface area contributed by atoms with Gasteiger partial charge in [-0.3, -0.25) is 14.7 Å². The maximum absolute atomic E-state index is 13.1. The molecule has 23 heavy (non-hydrogen) atoms. The van der Waals surface area contributed by atoms with Crippen LogP contribution in [0.1, 0.15) is 18.5 Å². The van der Waals surface area contributed by atoms with Gasteiger partial charge in [-0.25, -0.2) is 4.39 Å². The van der Waals surface area contributed by atoms with Crippen molar-refractivity contribution in [2.75, 3.05) is 32.7 Å². The van der Waals surface area contributed by atoms with E-state index in [0.29, 0.717) is 5.25 Å². The van der Waals surface area contributed by atoms with Crippen molar-refractivity contribution in [1.29, 1.82) is 0 Å². The van der Waals surface area contributed by atoms with Gasteiger partial charge in [0.25, 0.3) is 0 Å². The third-order valence-electron chi connectivity index (χ3n) is 4.20. The molecule has 5 nitrogen and oxygen atoms in total. The first-order valence-corrected chi connectivity index (χ1v) is 8.67. The molecule has 2 aliphatic rings. The molecule has 1 fully saturated rings. The molecular weight excluding hydrogens is 315 g/mol. The number of halogens is 1. The number of carbonyl (C=O) groups excluding carboxylic acids is 1. The fourth-order valence-corrected chi connectivity index (χ4v) is 4.00. The number of carbonyl (C=O) groups is 1. The Morgan fingerprint density at radius 1 is 1.30 bits per heavy atom. The highest BCUT2D eigenvalue weighted by Crippen LogP contribution is 2.26. The number of nitrogens with zero attached hydrogens (tertiary/aromatic N) is 3. The molecule has 1 aromatic rings. The first-order valence-electron chi connectivity index (χ1n) is 7.79. The van der Waals surface area contributed by atoms with Crippen molar-refractivity contribution in [3.63, 3.8) is 0 Å². The fourth-order valence-electron chi connectivity index (χ4n) is 3.01. The van der Waals surface area contributed by atoms with Crippen LogP contribution in [0.4, 0.5) is 4.39 Å². The normalized spacial score (nSPS) is 23.7. The maximum Gasteiger partial charge on any atom is 0.239 e. The lowest BCUT2D eigenvalue weighted by atomic mass is 10.0. The molecule has 2 aliphatic heterocycles. The minimum absolute atomic E-state index is 0.313. The van der Waals surface area contributed by atoms with Gasteiger partial charge in [-0.2, -0.15) is 0 Å². The maximum atomic E-state index is 13.1. The van der Waals surface area contributed by atoms with Gasteiger partial charge in [0.05, 0.1) is 6.54 Å². The average Bonchev–Trinajstić information content (AvgIpc) is 2.96. The van der Waals surface area contributed by atoms with Crippen LogP contribution in [0, 0.1) is 5.82 Å². The molecule has 0 saturated carbocycles. The highest BCUT2D eigenvalue weighted by molar-refractivity contribution is 8.14. The summed E-state index contributed by atoms with van der Waals surface area (Å²) in [6.45, 7) is 6.17. The van der Waals surface area contributed by atoms with Gasteiger partial charge in [0, 0.05) is 31.4 Å². The lowest BCUT2D eigenvalue weighted by molar-refractivity contribution is -0.124. The second-order valence-corrected chi connectivity index (χ2v) is 7.34. The third kappa shape index (κ3) is 3.67. The van der Waals surface area contributed by atoms with Crippen LogP contribution < -0.4 is 5.73 Å². The van der Waals surface area contributed by atoms with E-state index in [1.54, 1.807) is 12.1 Å². The number of thioether (sulfide) groups is 1. The van der Waals surface area contributed by atoms with Crippen molar-refractivity contribution in [1.82, 2.24) is 9.80 Å². The van der Waals surface area contributed by atoms with Crippen LogP contribution in [0.25, 0.3) is 0 Å². The van der Waals surface area contributed by atoms with Crippen LogP contribution in [0.3, 0.4) is 0 Å². The predicted molar refractivity (Wildman–Crippen MR) is 90.8 cm³/mol. The number of nitrogens with two attached hydrogens (primary N) is 1. The van der Waals surface area contributed by atoms with Gasteiger partial charge in [0.1, 0.15) is 11.9 Å². The van der Waals surface area contributed by atoms with E-state index < -0.39 is 11.9 Å². The monoisotopic (exact) mass is 336 g/mol. The van der Waals surface area contributed by atoms with Crippen molar-refractivity contribution >= 4 is 22.8 Å². The molecule has 1 aromatic carbocycles. The Balaban J connectivity index is 1.66. The zero-order valence-corrected chi connectivity index (χ0v) is 13.9. The quantitative estimate of drug-likeness (QED) is 0.908. The summed E-state index contributed by atoms with van der Waals surface area (Å²) < 4.78 is 13.1. The molecule has 0 radical (unpaired) electrons. The highest BCUT2D eigenvalue weighted by Gasteiger charge is 2.31. The summed E-state index contributed by atoms with van der Waals surface area (Å²) in [4.78, 5) is 20.8. The number of hydrogen-bond acceptors (Lipinski definition) is 5. The van der Waals surface area contributed by atoms with Gasteiger partial charge in [0.2, 0.25) is 5.91 Å². The Morgan fingerprint density at radius 3 is 2.48 bits per heavy atom. The van der Waals surface area contributed by atoms with Gasteiger partial charge in [-0.1, -0.05) is 30.8 Å². The van der Waals surface area contributed by atoms with E-state index >= 15 is 0 Å². The first kappa shape index (κ1) is 16.3. The average molecular weight is 336 g/mol. The van der Waals surface area contributed by atoms with E-state index in [1.165, 1.54) is 12.1 Å². The minimum Gasteiger partial charge on any atom is -0.368 e. The fraction of sp³-hybridized carbons (Fsp3) is 0.500. The second-order valence-electron chi connectivity index (χ2n) is 5.93. The van der Waals surface area contributed by atoms with E-state index in [1.807, 2.05) is 11.8 Å². The van der Waals surface area contributed by atoms with Crippen molar-refractivity contribution in [3.05, 3.63) is 35.6 Å². The molecule has 0 spiro atoms. The van der Waals surface area contributed by atoms with Crippen LogP contribution in [-0.2, 0) is 4.79 Å². The number of rotatable bonds is 3. The lowest BCUT2D eigenvalue weighted by Gasteiger charge is -2.38. The zero-order chi connectivity index (χ0) is 16.4. The van der Waals surface area contributed by atoms with Crippen molar-refractivity contribution < 1.29 is 9.18 Å². The van der Waals surface area contributed by atoms with Crippen molar-refractivity contribution in [2.24, 2.45) is 10.7 Å². The molecule has 0 bridgehead atoms.